The van der Waals surface area contributed by atoms with Crippen molar-refractivity contribution < 1.29 is 28.8 Å². The molecule has 0 aromatic rings. The Labute approximate surface area is 99.1 Å². The van der Waals surface area contributed by atoms with Crippen LogP contribution in [0.1, 0.15) is 6.92 Å². The van der Waals surface area contributed by atoms with E-state index in [1.165, 1.54) is 20.3 Å². The van der Waals surface area contributed by atoms with Crippen molar-refractivity contribution in [3.05, 3.63) is 12.2 Å². The maximum atomic E-state index is 10.9. The first-order valence-corrected chi connectivity index (χ1v) is 5.29. The molecule has 0 unspecified atom stereocenters. The number of hydrogen-bond acceptors (Lipinski definition) is 6. The van der Waals surface area contributed by atoms with E-state index in [4.69, 9.17) is 14.2 Å². The number of rotatable bonds is 3. The number of ether oxygens (including phenoxy) is 4. The van der Waals surface area contributed by atoms with Gasteiger partial charge >= 0.3 is 5.97 Å². The van der Waals surface area contributed by atoms with E-state index in [9.17, 15) is 9.90 Å². The van der Waals surface area contributed by atoms with Crippen molar-refractivity contribution in [3.8, 4) is 0 Å². The lowest BCUT2D eigenvalue weighted by Crippen LogP contribution is -2.44. The third-order valence-corrected chi connectivity index (χ3v) is 3.33. The molecule has 2 fully saturated rings. The molecular weight excluding hydrogens is 228 g/mol. The van der Waals surface area contributed by atoms with Crippen molar-refractivity contribution in [2.24, 2.45) is 0 Å². The Bertz CT molecular complexity index is 354. The molecule has 2 aliphatic heterocycles. The summed E-state index contributed by atoms with van der Waals surface area (Å²) in [5.41, 5.74) is -0.796. The van der Waals surface area contributed by atoms with Crippen LogP contribution in [0, 0.1) is 0 Å². The largest absolute Gasteiger partial charge is 0.466 e. The molecule has 6 nitrogen and oxygen atoms in total. The van der Waals surface area contributed by atoms with E-state index in [0.717, 1.165) is 0 Å². The summed E-state index contributed by atoms with van der Waals surface area (Å²) in [4.78, 5) is 10.9. The van der Waals surface area contributed by atoms with Gasteiger partial charge in [0.15, 0.2) is 11.4 Å². The summed E-state index contributed by atoms with van der Waals surface area (Å²) in [6.07, 6.45) is 1.58. The Morgan fingerprint density at radius 3 is 2.76 bits per heavy atom. The Morgan fingerprint density at radius 1 is 1.53 bits per heavy atom. The smallest absolute Gasteiger partial charge is 0.330 e. The average molecular weight is 244 g/mol. The Hall–Kier alpha value is -0.950. The summed E-state index contributed by atoms with van der Waals surface area (Å²) in [5.74, 6) is -1.52. The number of hydrogen-bond donors (Lipinski definition) is 1. The Kier molecular flexibility index (Phi) is 2.99. The molecule has 2 saturated heterocycles. The third kappa shape index (κ3) is 1.87. The fourth-order valence-corrected chi connectivity index (χ4v) is 2.00. The summed E-state index contributed by atoms with van der Waals surface area (Å²) in [6, 6.07) is 0. The first-order valence-electron chi connectivity index (χ1n) is 5.29. The van der Waals surface area contributed by atoms with Gasteiger partial charge in [0, 0.05) is 13.2 Å². The SMILES string of the molecule is COC(=O)/C=C/[C@@H]1O[C@]12CO[C@@](C)(OC)[C@H]2O. The van der Waals surface area contributed by atoms with E-state index in [-0.39, 0.29) is 12.7 Å². The molecule has 0 aromatic heterocycles. The molecule has 2 aliphatic rings. The van der Waals surface area contributed by atoms with Crippen molar-refractivity contribution in [1.29, 1.82) is 0 Å². The number of esters is 1. The summed E-state index contributed by atoms with van der Waals surface area (Å²) < 4.78 is 20.4. The summed E-state index contributed by atoms with van der Waals surface area (Å²) in [5, 5.41) is 10.1. The van der Waals surface area contributed by atoms with E-state index in [1.54, 1.807) is 13.0 Å². The van der Waals surface area contributed by atoms with Crippen LogP contribution in [-0.4, -0.2) is 55.5 Å². The van der Waals surface area contributed by atoms with Crippen LogP contribution in [0.3, 0.4) is 0 Å². The second kappa shape index (κ2) is 4.06. The quantitative estimate of drug-likeness (QED) is 0.414. The molecule has 6 heteroatoms. The number of aliphatic hydroxyl groups is 1. The van der Waals surface area contributed by atoms with Gasteiger partial charge in [0.1, 0.15) is 12.2 Å². The fraction of sp³-hybridized carbons (Fsp3) is 0.727. The van der Waals surface area contributed by atoms with Crippen molar-refractivity contribution in [2.45, 2.75) is 30.5 Å². The highest BCUT2D eigenvalue weighted by molar-refractivity contribution is 5.81. The molecule has 0 saturated carbocycles. The summed E-state index contributed by atoms with van der Waals surface area (Å²) in [7, 11) is 2.76. The molecule has 0 bridgehead atoms. The number of carbonyl (C=O) groups excluding carboxylic acids is 1. The Balaban J connectivity index is 2.02. The lowest BCUT2D eigenvalue weighted by molar-refractivity contribution is -0.220. The average Bonchev–Trinajstić information content (AvgIpc) is 3.00. The normalized spacial score (nSPS) is 44.5. The zero-order valence-corrected chi connectivity index (χ0v) is 10.0. The number of methoxy groups -OCH3 is 2. The van der Waals surface area contributed by atoms with Gasteiger partial charge in [-0.15, -0.1) is 0 Å². The van der Waals surface area contributed by atoms with Crippen LogP contribution in [-0.2, 0) is 23.7 Å². The van der Waals surface area contributed by atoms with Crippen LogP contribution < -0.4 is 0 Å². The molecule has 0 aromatic carbocycles. The van der Waals surface area contributed by atoms with Crippen LogP contribution >= 0.6 is 0 Å². The second-order valence-corrected chi connectivity index (χ2v) is 4.29. The van der Waals surface area contributed by atoms with E-state index in [1.807, 2.05) is 0 Å². The van der Waals surface area contributed by atoms with Crippen molar-refractivity contribution >= 4 is 5.97 Å². The molecule has 4 atom stereocenters. The standard InChI is InChI=1S/C11H16O6/c1-10(15-3)9(13)11(6-16-10)7(17-11)4-5-8(12)14-2/h4-5,7,9,13H,6H2,1-3H3/b5-4+/t7-,9+,10+,11+/m0/s1. The maximum Gasteiger partial charge on any atom is 0.330 e. The number of epoxide rings is 1. The molecule has 0 radical (unpaired) electrons. The third-order valence-electron chi connectivity index (χ3n) is 3.33. The molecule has 1 spiro atoms. The predicted octanol–water partition coefficient (Wildman–Crippen LogP) is -0.393. The van der Waals surface area contributed by atoms with Gasteiger partial charge < -0.3 is 24.1 Å². The second-order valence-electron chi connectivity index (χ2n) is 4.29. The van der Waals surface area contributed by atoms with Crippen molar-refractivity contribution in [1.82, 2.24) is 0 Å². The number of carbonyl (C=O) groups is 1. The van der Waals surface area contributed by atoms with Gasteiger partial charge in [0.25, 0.3) is 0 Å². The van der Waals surface area contributed by atoms with Gasteiger partial charge in [0.2, 0.25) is 0 Å². The lowest BCUT2D eigenvalue weighted by atomic mass is 9.96. The van der Waals surface area contributed by atoms with Crippen LogP contribution in [0.2, 0.25) is 0 Å². The van der Waals surface area contributed by atoms with E-state index in [2.05, 4.69) is 4.74 Å². The predicted molar refractivity (Wildman–Crippen MR) is 56.1 cm³/mol. The van der Waals surface area contributed by atoms with Gasteiger partial charge in [-0.05, 0) is 13.0 Å². The van der Waals surface area contributed by atoms with Gasteiger partial charge in [0.05, 0.1) is 13.7 Å². The zero-order chi connectivity index (χ0) is 12.7. The van der Waals surface area contributed by atoms with Crippen LogP contribution in [0.25, 0.3) is 0 Å². The zero-order valence-electron chi connectivity index (χ0n) is 10.0. The van der Waals surface area contributed by atoms with Crippen molar-refractivity contribution in [3.63, 3.8) is 0 Å². The molecule has 96 valence electrons. The van der Waals surface area contributed by atoms with E-state index >= 15 is 0 Å². The van der Waals surface area contributed by atoms with Crippen LogP contribution in [0.4, 0.5) is 0 Å². The molecule has 0 amide bonds. The monoisotopic (exact) mass is 244 g/mol. The molecule has 0 aliphatic carbocycles. The molecule has 2 rings (SSSR count). The minimum Gasteiger partial charge on any atom is -0.466 e. The van der Waals surface area contributed by atoms with Crippen LogP contribution in [0.15, 0.2) is 12.2 Å². The fourth-order valence-electron chi connectivity index (χ4n) is 2.00. The molecular formula is C11H16O6. The minimum atomic E-state index is -1.06. The highest BCUT2D eigenvalue weighted by Crippen LogP contribution is 2.50. The molecule has 1 N–H and O–H groups in total. The maximum absolute atomic E-state index is 10.9. The summed E-state index contributed by atoms with van der Waals surface area (Å²) >= 11 is 0. The van der Waals surface area contributed by atoms with Gasteiger partial charge in [-0.1, -0.05) is 0 Å². The van der Waals surface area contributed by atoms with E-state index in [0.29, 0.717) is 0 Å². The topological polar surface area (TPSA) is 77.5 Å². The highest BCUT2D eigenvalue weighted by atomic mass is 16.7. The number of aliphatic hydroxyl groups excluding tert-OH is 1. The summed E-state index contributed by atoms with van der Waals surface area (Å²) in [6.45, 7) is 1.88. The lowest BCUT2D eigenvalue weighted by Gasteiger charge is -2.25. The first kappa shape index (κ1) is 12.5. The molecule has 17 heavy (non-hydrogen) atoms. The van der Waals surface area contributed by atoms with Crippen LogP contribution in [0.5, 0.6) is 0 Å². The highest BCUT2D eigenvalue weighted by Gasteiger charge is 2.70. The first-order chi connectivity index (χ1) is 7.98. The van der Waals surface area contributed by atoms with Gasteiger partial charge in [-0.25, -0.2) is 4.79 Å². The minimum absolute atomic E-state index is 0.231. The van der Waals surface area contributed by atoms with Gasteiger partial charge in [-0.3, -0.25) is 0 Å². The van der Waals surface area contributed by atoms with Crippen molar-refractivity contribution in [2.75, 3.05) is 20.8 Å². The van der Waals surface area contributed by atoms with E-state index < -0.39 is 23.5 Å². The van der Waals surface area contributed by atoms with Gasteiger partial charge in [-0.2, -0.15) is 0 Å². The Morgan fingerprint density at radius 2 is 2.24 bits per heavy atom. The molecule has 2 heterocycles.